The summed E-state index contributed by atoms with van der Waals surface area (Å²) in [7, 11) is 1.25. The van der Waals surface area contributed by atoms with E-state index in [0.717, 1.165) is 16.9 Å². The van der Waals surface area contributed by atoms with Gasteiger partial charge in [-0.15, -0.1) is 11.3 Å². The van der Waals surface area contributed by atoms with Crippen LogP contribution in [-0.4, -0.2) is 38.2 Å². The summed E-state index contributed by atoms with van der Waals surface area (Å²) in [5, 5.41) is 2.84. The molecule has 0 aliphatic rings. The molecule has 27 heavy (non-hydrogen) atoms. The third-order valence-electron chi connectivity index (χ3n) is 3.64. The van der Waals surface area contributed by atoms with Gasteiger partial charge in [0.25, 0.3) is 5.91 Å². The average molecular weight is 391 g/mol. The van der Waals surface area contributed by atoms with Crippen LogP contribution >= 0.6 is 11.3 Å². The lowest BCUT2D eigenvalue weighted by Gasteiger charge is -2.08. The van der Waals surface area contributed by atoms with Crippen LogP contribution < -0.4 is 10.1 Å². The van der Waals surface area contributed by atoms with E-state index in [9.17, 15) is 14.4 Å². The number of aryl methyl sites for hydroxylation is 1. The van der Waals surface area contributed by atoms with E-state index in [1.165, 1.54) is 7.11 Å². The van der Waals surface area contributed by atoms with E-state index >= 15 is 0 Å². The normalized spacial score (nSPS) is 10.2. The maximum Gasteiger partial charge on any atom is 0.348 e. The van der Waals surface area contributed by atoms with Crippen LogP contribution in [0.4, 0.5) is 5.00 Å². The van der Waals surface area contributed by atoms with E-state index < -0.39 is 17.8 Å². The molecule has 0 radical (unpaired) electrons. The molecule has 0 unspecified atom stereocenters. The third kappa shape index (κ3) is 5.07. The molecule has 1 heterocycles. The van der Waals surface area contributed by atoms with Gasteiger partial charge < -0.3 is 19.5 Å². The quantitative estimate of drug-likeness (QED) is 0.728. The largest absolute Gasteiger partial charge is 0.484 e. The van der Waals surface area contributed by atoms with Crippen molar-refractivity contribution < 1.29 is 28.6 Å². The number of carbonyl (C=O) groups is 3. The number of thiophene rings is 1. The Bertz CT molecular complexity index is 841. The topological polar surface area (TPSA) is 90.9 Å². The highest BCUT2D eigenvalue weighted by molar-refractivity contribution is 7.18. The van der Waals surface area contributed by atoms with Crippen molar-refractivity contribution in [3.63, 3.8) is 0 Å². The summed E-state index contributed by atoms with van der Waals surface area (Å²) < 4.78 is 15.2. The number of amides is 1. The molecule has 0 bridgehead atoms. The molecule has 8 heteroatoms. The molecule has 7 nitrogen and oxygen atoms in total. The van der Waals surface area contributed by atoms with Crippen LogP contribution in [0.2, 0.25) is 0 Å². The molecule has 144 valence electrons. The SMILES string of the molecule is CCOC(=O)c1c(NC(=O)COc2ccc(C)cc2)sc(C(=O)OC)c1C. The number of nitrogens with one attached hydrogen (secondary N) is 1. The third-order valence-corrected chi connectivity index (χ3v) is 4.83. The van der Waals surface area contributed by atoms with Crippen molar-refractivity contribution in [2.24, 2.45) is 0 Å². The van der Waals surface area contributed by atoms with E-state index in [4.69, 9.17) is 14.2 Å². The molecule has 0 saturated heterocycles. The lowest BCUT2D eigenvalue weighted by Crippen LogP contribution is -2.21. The maximum absolute atomic E-state index is 12.3. The molecule has 1 aromatic heterocycles. The highest BCUT2D eigenvalue weighted by atomic mass is 32.1. The zero-order valence-corrected chi connectivity index (χ0v) is 16.4. The minimum atomic E-state index is -0.615. The molecule has 2 rings (SSSR count). The monoisotopic (exact) mass is 391 g/mol. The first-order valence-corrected chi connectivity index (χ1v) is 9.07. The highest BCUT2D eigenvalue weighted by Gasteiger charge is 2.27. The summed E-state index contributed by atoms with van der Waals surface area (Å²) in [6, 6.07) is 7.27. The van der Waals surface area contributed by atoms with Gasteiger partial charge >= 0.3 is 11.9 Å². The zero-order valence-electron chi connectivity index (χ0n) is 15.6. The summed E-state index contributed by atoms with van der Waals surface area (Å²) in [5.74, 6) is -1.10. The number of esters is 2. The van der Waals surface area contributed by atoms with E-state index in [2.05, 4.69) is 5.32 Å². The van der Waals surface area contributed by atoms with Gasteiger partial charge in [-0.2, -0.15) is 0 Å². The smallest absolute Gasteiger partial charge is 0.348 e. The van der Waals surface area contributed by atoms with Gasteiger partial charge in [-0.05, 0) is 38.5 Å². The molecule has 0 aliphatic carbocycles. The van der Waals surface area contributed by atoms with Gasteiger partial charge in [0.05, 0.1) is 19.3 Å². The number of benzene rings is 1. The van der Waals surface area contributed by atoms with Gasteiger partial charge in [0, 0.05) is 0 Å². The van der Waals surface area contributed by atoms with E-state index in [1.807, 2.05) is 19.1 Å². The number of carbonyl (C=O) groups excluding carboxylic acids is 3. The van der Waals surface area contributed by atoms with Crippen molar-refractivity contribution in [3.8, 4) is 5.75 Å². The van der Waals surface area contributed by atoms with Crippen LogP contribution in [0.1, 0.15) is 38.1 Å². The fraction of sp³-hybridized carbons (Fsp3) is 0.316. The first kappa shape index (κ1) is 20.4. The Morgan fingerprint density at radius 1 is 1.07 bits per heavy atom. The fourth-order valence-electron chi connectivity index (χ4n) is 2.28. The van der Waals surface area contributed by atoms with E-state index in [0.29, 0.717) is 11.3 Å². The van der Waals surface area contributed by atoms with Crippen LogP contribution in [0.25, 0.3) is 0 Å². The average Bonchev–Trinajstić information content (AvgIpc) is 2.96. The summed E-state index contributed by atoms with van der Waals surface area (Å²) in [5.41, 5.74) is 1.63. The summed E-state index contributed by atoms with van der Waals surface area (Å²) in [6.45, 7) is 5.16. The number of methoxy groups -OCH3 is 1. The second-order valence-electron chi connectivity index (χ2n) is 5.62. The number of anilines is 1. The minimum absolute atomic E-state index is 0.144. The van der Waals surface area contributed by atoms with Crippen LogP contribution in [0.5, 0.6) is 5.75 Å². The van der Waals surface area contributed by atoms with E-state index in [-0.39, 0.29) is 28.7 Å². The lowest BCUT2D eigenvalue weighted by molar-refractivity contribution is -0.118. The molecular formula is C19H21NO6S. The fourth-order valence-corrected chi connectivity index (χ4v) is 3.41. The van der Waals surface area contributed by atoms with Crippen LogP contribution in [0.3, 0.4) is 0 Å². The van der Waals surface area contributed by atoms with Crippen molar-refractivity contribution in [2.75, 3.05) is 25.6 Å². The molecule has 1 amide bonds. The second kappa shape index (κ2) is 9.18. The van der Waals surface area contributed by atoms with Crippen molar-refractivity contribution in [2.45, 2.75) is 20.8 Å². The Hall–Kier alpha value is -2.87. The first-order chi connectivity index (χ1) is 12.9. The predicted octanol–water partition coefficient (Wildman–Crippen LogP) is 3.35. The Morgan fingerprint density at radius 2 is 1.74 bits per heavy atom. The Labute approximate surface area is 161 Å². The van der Waals surface area contributed by atoms with Crippen LogP contribution in [0.15, 0.2) is 24.3 Å². The molecule has 1 N–H and O–H groups in total. The Balaban J connectivity index is 2.17. The standard InChI is InChI=1S/C19H21NO6S/c1-5-25-18(22)15-12(3)16(19(23)24-4)27-17(15)20-14(21)10-26-13-8-6-11(2)7-9-13/h6-9H,5,10H2,1-4H3,(H,20,21). The molecule has 1 aromatic carbocycles. The number of hydrogen-bond acceptors (Lipinski definition) is 7. The van der Waals surface area contributed by atoms with Gasteiger partial charge in [-0.25, -0.2) is 9.59 Å². The minimum Gasteiger partial charge on any atom is -0.484 e. The molecule has 0 saturated carbocycles. The predicted molar refractivity (Wildman–Crippen MR) is 102 cm³/mol. The van der Waals surface area contributed by atoms with Gasteiger partial charge in [-0.3, -0.25) is 4.79 Å². The van der Waals surface area contributed by atoms with Gasteiger partial charge in [-0.1, -0.05) is 17.7 Å². The maximum atomic E-state index is 12.3. The van der Waals surface area contributed by atoms with Crippen molar-refractivity contribution >= 4 is 34.2 Å². The number of rotatable bonds is 7. The van der Waals surface area contributed by atoms with Crippen molar-refractivity contribution in [1.82, 2.24) is 0 Å². The number of ether oxygens (including phenoxy) is 3. The van der Waals surface area contributed by atoms with Crippen LogP contribution in [-0.2, 0) is 14.3 Å². The Morgan fingerprint density at radius 3 is 2.33 bits per heavy atom. The Kier molecular flexibility index (Phi) is 6.95. The first-order valence-electron chi connectivity index (χ1n) is 8.25. The van der Waals surface area contributed by atoms with Crippen molar-refractivity contribution in [1.29, 1.82) is 0 Å². The molecule has 0 atom stereocenters. The molecule has 0 fully saturated rings. The summed E-state index contributed by atoms with van der Waals surface area (Å²) >= 11 is 0.962. The van der Waals surface area contributed by atoms with Crippen molar-refractivity contribution in [3.05, 3.63) is 45.8 Å². The summed E-state index contributed by atoms with van der Waals surface area (Å²) in [4.78, 5) is 36.6. The summed E-state index contributed by atoms with van der Waals surface area (Å²) in [6.07, 6.45) is 0. The molecule has 2 aromatic rings. The molecule has 0 aliphatic heterocycles. The molecular weight excluding hydrogens is 370 g/mol. The number of hydrogen-bond donors (Lipinski definition) is 1. The molecule has 0 spiro atoms. The van der Waals surface area contributed by atoms with Gasteiger partial charge in [0.1, 0.15) is 15.6 Å². The van der Waals surface area contributed by atoms with Crippen LogP contribution in [0, 0.1) is 13.8 Å². The lowest BCUT2D eigenvalue weighted by atomic mass is 10.1. The van der Waals surface area contributed by atoms with Gasteiger partial charge in [0.2, 0.25) is 0 Å². The highest BCUT2D eigenvalue weighted by Crippen LogP contribution is 2.34. The van der Waals surface area contributed by atoms with Gasteiger partial charge in [0.15, 0.2) is 6.61 Å². The second-order valence-corrected chi connectivity index (χ2v) is 6.64. The van der Waals surface area contributed by atoms with E-state index in [1.54, 1.807) is 26.0 Å². The zero-order chi connectivity index (χ0) is 20.0.